The number of nitrogens with zero attached hydrogens (tertiary/aromatic N) is 1. The van der Waals surface area contributed by atoms with Gasteiger partial charge in [-0.15, -0.1) is 11.3 Å². The molecule has 0 aliphatic rings. The lowest BCUT2D eigenvalue weighted by atomic mass is 9.96. The van der Waals surface area contributed by atoms with E-state index < -0.39 is 0 Å². The second-order valence-corrected chi connectivity index (χ2v) is 5.55. The molecule has 0 bridgehead atoms. The maximum atomic E-state index is 4.66. The first-order chi connectivity index (χ1) is 8.77. The fourth-order valence-corrected chi connectivity index (χ4v) is 3.01. The van der Waals surface area contributed by atoms with Crippen LogP contribution in [0.2, 0.25) is 0 Å². The molecule has 2 heteroatoms. The average molecular weight is 269 g/mol. The van der Waals surface area contributed by atoms with Gasteiger partial charge in [0.1, 0.15) is 0 Å². The van der Waals surface area contributed by atoms with Crippen molar-refractivity contribution in [3.05, 3.63) is 16.1 Å². The zero-order valence-electron chi connectivity index (χ0n) is 13.0. The first-order valence-electron chi connectivity index (χ1n) is 7.70. The van der Waals surface area contributed by atoms with Gasteiger partial charge >= 0.3 is 0 Å². The van der Waals surface area contributed by atoms with Crippen LogP contribution in [0, 0.1) is 6.92 Å². The van der Waals surface area contributed by atoms with Crippen LogP contribution in [-0.4, -0.2) is 4.98 Å². The molecule has 0 radical (unpaired) electrons. The normalized spacial score (nSPS) is 11.8. The Morgan fingerprint density at radius 1 is 1.06 bits per heavy atom. The van der Waals surface area contributed by atoms with E-state index in [1.807, 2.05) is 25.2 Å². The molecule has 18 heavy (non-hydrogen) atoms. The smallest absolute Gasteiger partial charge is 0.0959 e. The lowest BCUT2D eigenvalue weighted by molar-refractivity contribution is 0.513. The molecule has 0 aromatic carbocycles. The van der Waals surface area contributed by atoms with Gasteiger partial charge in [-0.05, 0) is 19.8 Å². The van der Waals surface area contributed by atoms with Crippen LogP contribution in [0.1, 0.15) is 89.3 Å². The fourth-order valence-electron chi connectivity index (χ4n) is 2.04. The summed E-state index contributed by atoms with van der Waals surface area (Å²) in [7, 11) is 0. The molecular formula is C16H31NS. The highest BCUT2D eigenvalue weighted by atomic mass is 32.1. The molecule has 0 amide bonds. The topological polar surface area (TPSA) is 12.9 Å². The quantitative estimate of drug-likeness (QED) is 0.502. The van der Waals surface area contributed by atoms with Crippen LogP contribution < -0.4 is 0 Å². The Hall–Kier alpha value is -0.370. The molecule has 1 rings (SSSR count). The van der Waals surface area contributed by atoms with Gasteiger partial charge in [0.05, 0.1) is 5.01 Å². The Balaban J connectivity index is 0.00000137. The van der Waals surface area contributed by atoms with Crippen LogP contribution >= 0.6 is 11.3 Å². The molecule has 0 aliphatic heterocycles. The summed E-state index contributed by atoms with van der Waals surface area (Å²) in [5, 5.41) is 3.57. The summed E-state index contributed by atoms with van der Waals surface area (Å²) in [6, 6.07) is 0. The molecule has 0 N–H and O–H groups in total. The third-order valence-electron chi connectivity index (χ3n) is 3.05. The maximum absolute atomic E-state index is 4.66. The average Bonchev–Trinajstić information content (AvgIpc) is 2.83. The van der Waals surface area contributed by atoms with Crippen LogP contribution in [0.15, 0.2) is 5.38 Å². The highest BCUT2D eigenvalue weighted by molar-refractivity contribution is 7.09. The van der Waals surface area contributed by atoms with Gasteiger partial charge in [-0.2, -0.15) is 0 Å². The molecule has 1 atom stereocenters. The second kappa shape index (κ2) is 11.7. The van der Waals surface area contributed by atoms with Gasteiger partial charge in [0.15, 0.2) is 0 Å². The van der Waals surface area contributed by atoms with E-state index in [2.05, 4.69) is 31.1 Å². The Morgan fingerprint density at radius 3 is 2.17 bits per heavy atom. The molecule has 0 spiro atoms. The van der Waals surface area contributed by atoms with Gasteiger partial charge in [0.2, 0.25) is 0 Å². The Bertz CT molecular complexity index is 280. The van der Waals surface area contributed by atoms with Crippen molar-refractivity contribution in [2.45, 2.75) is 85.5 Å². The molecule has 0 aliphatic carbocycles. The van der Waals surface area contributed by atoms with Crippen LogP contribution in [-0.2, 0) is 0 Å². The number of unbranched alkanes of at least 4 members (excludes halogenated alkanes) is 3. The summed E-state index contributed by atoms with van der Waals surface area (Å²) in [6.45, 7) is 10.6. The molecule has 1 unspecified atom stereocenters. The summed E-state index contributed by atoms with van der Waals surface area (Å²) in [6.07, 6.45) is 9.35. The number of aromatic nitrogens is 1. The summed E-state index contributed by atoms with van der Waals surface area (Å²) in [5.74, 6) is 0.727. The minimum atomic E-state index is 0.727. The lowest BCUT2D eigenvalue weighted by Gasteiger charge is -2.13. The van der Waals surface area contributed by atoms with Crippen molar-refractivity contribution in [3.8, 4) is 0 Å². The maximum Gasteiger partial charge on any atom is 0.0959 e. The highest BCUT2D eigenvalue weighted by Crippen LogP contribution is 2.30. The van der Waals surface area contributed by atoms with Crippen LogP contribution in [0.25, 0.3) is 0 Å². The molecule has 106 valence electrons. The van der Waals surface area contributed by atoms with Gasteiger partial charge in [0.25, 0.3) is 0 Å². The van der Waals surface area contributed by atoms with Gasteiger partial charge in [0, 0.05) is 17.0 Å². The fraction of sp³-hybridized carbons (Fsp3) is 0.812. The van der Waals surface area contributed by atoms with E-state index in [4.69, 9.17) is 0 Å². The minimum absolute atomic E-state index is 0.727. The van der Waals surface area contributed by atoms with Crippen molar-refractivity contribution in [2.24, 2.45) is 0 Å². The predicted octanol–water partition coefficient (Wildman–Crippen LogP) is 6.33. The van der Waals surface area contributed by atoms with E-state index >= 15 is 0 Å². The van der Waals surface area contributed by atoms with E-state index in [0.29, 0.717) is 0 Å². The molecule has 1 aromatic rings. The zero-order chi connectivity index (χ0) is 13.8. The monoisotopic (exact) mass is 269 g/mol. The van der Waals surface area contributed by atoms with E-state index in [1.54, 1.807) is 0 Å². The van der Waals surface area contributed by atoms with Crippen molar-refractivity contribution < 1.29 is 0 Å². The molecule has 0 fully saturated rings. The Morgan fingerprint density at radius 2 is 1.67 bits per heavy atom. The highest BCUT2D eigenvalue weighted by Gasteiger charge is 2.13. The molecule has 1 aromatic heterocycles. The SMILES string of the molecule is CC.CCCCCC(CCCC)c1nc(C)cs1. The van der Waals surface area contributed by atoms with E-state index in [1.165, 1.54) is 55.6 Å². The van der Waals surface area contributed by atoms with E-state index in [-0.39, 0.29) is 0 Å². The Labute approximate surface area is 118 Å². The standard InChI is InChI=1S/C14H25NS.C2H6/c1-4-6-8-10-13(9-7-5-2)14-15-12(3)11-16-14;1-2/h11,13H,4-10H2,1-3H3;1-2H3. The summed E-state index contributed by atoms with van der Waals surface area (Å²) >= 11 is 1.86. The number of hydrogen-bond donors (Lipinski definition) is 0. The number of rotatable bonds is 8. The minimum Gasteiger partial charge on any atom is -0.246 e. The van der Waals surface area contributed by atoms with Crippen molar-refractivity contribution >= 4 is 11.3 Å². The van der Waals surface area contributed by atoms with Crippen LogP contribution in [0.5, 0.6) is 0 Å². The van der Waals surface area contributed by atoms with Gasteiger partial charge in [-0.3, -0.25) is 0 Å². The van der Waals surface area contributed by atoms with E-state index in [0.717, 1.165) is 5.92 Å². The molecule has 0 saturated carbocycles. The van der Waals surface area contributed by atoms with Crippen molar-refractivity contribution in [1.29, 1.82) is 0 Å². The number of thiazole rings is 1. The van der Waals surface area contributed by atoms with Crippen molar-refractivity contribution in [2.75, 3.05) is 0 Å². The van der Waals surface area contributed by atoms with Crippen molar-refractivity contribution in [1.82, 2.24) is 4.98 Å². The second-order valence-electron chi connectivity index (χ2n) is 4.66. The molecule has 0 saturated heterocycles. The molecule has 1 heterocycles. The van der Waals surface area contributed by atoms with Gasteiger partial charge in [-0.25, -0.2) is 4.98 Å². The Kier molecular flexibility index (Phi) is 11.5. The van der Waals surface area contributed by atoms with Gasteiger partial charge < -0.3 is 0 Å². The first-order valence-corrected chi connectivity index (χ1v) is 8.57. The summed E-state index contributed by atoms with van der Waals surface area (Å²) in [4.78, 5) is 4.66. The van der Waals surface area contributed by atoms with Gasteiger partial charge in [-0.1, -0.05) is 59.8 Å². The van der Waals surface area contributed by atoms with Crippen molar-refractivity contribution in [3.63, 3.8) is 0 Å². The summed E-state index contributed by atoms with van der Waals surface area (Å²) < 4.78 is 0. The van der Waals surface area contributed by atoms with E-state index in [9.17, 15) is 0 Å². The third-order valence-corrected chi connectivity index (χ3v) is 4.17. The predicted molar refractivity (Wildman–Crippen MR) is 84.6 cm³/mol. The third kappa shape index (κ3) is 7.15. The van der Waals surface area contributed by atoms with Crippen LogP contribution in [0.4, 0.5) is 0 Å². The molecular weight excluding hydrogens is 238 g/mol. The zero-order valence-corrected chi connectivity index (χ0v) is 13.8. The largest absolute Gasteiger partial charge is 0.246 e. The van der Waals surface area contributed by atoms with Crippen LogP contribution in [0.3, 0.4) is 0 Å². The molecule has 1 nitrogen and oxygen atoms in total. The summed E-state index contributed by atoms with van der Waals surface area (Å²) in [5.41, 5.74) is 1.19. The number of aryl methyl sites for hydroxylation is 1. The lowest BCUT2D eigenvalue weighted by Crippen LogP contribution is -1.99. The number of hydrogen-bond acceptors (Lipinski definition) is 2. The first kappa shape index (κ1) is 17.6.